The highest BCUT2D eigenvalue weighted by molar-refractivity contribution is 7.47. The topological polar surface area (TPSA) is 253 Å². The number of hydrogen-bond donors (Lipinski definition) is 6. The second-order valence-electron chi connectivity index (χ2n) is 17.7. The second kappa shape index (κ2) is 35.6. The summed E-state index contributed by atoms with van der Waals surface area (Å²) in [5.74, 6) is -1.10. The van der Waals surface area contributed by atoms with Gasteiger partial charge in [0.25, 0.3) is 0 Å². The fourth-order valence-corrected chi connectivity index (χ4v) is 8.71. The van der Waals surface area contributed by atoms with E-state index in [-0.39, 0.29) is 31.0 Å². The number of esters is 2. The second-order valence-corrected chi connectivity index (χ2v) is 20.3. The number of phosphoric acid groups is 2. The van der Waals surface area contributed by atoms with Gasteiger partial charge in [0.15, 0.2) is 6.10 Å². The van der Waals surface area contributed by atoms with Crippen LogP contribution >= 0.6 is 15.6 Å². The molecule has 63 heavy (non-hydrogen) atoms. The Hall–Kier alpha value is -1.55. The fraction of sp³-hybridized carbons (Fsp3) is 0.889. The summed E-state index contributed by atoms with van der Waals surface area (Å²) in [6.07, 6.45) is 22.5. The molecule has 0 heterocycles. The molecule has 0 saturated heterocycles. The first-order valence-electron chi connectivity index (χ1n) is 23.8. The van der Waals surface area contributed by atoms with Crippen LogP contribution < -0.4 is 0 Å². The molecule has 7 atom stereocenters. The molecule has 1 aliphatic rings. The number of carbonyl (C=O) groups is 3. The molecule has 6 N–H and O–H groups in total. The van der Waals surface area contributed by atoms with E-state index < -0.39 is 84.3 Å². The highest BCUT2D eigenvalue weighted by Crippen LogP contribution is 2.44. The first-order valence-corrected chi connectivity index (χ1v) is 26.9. The first kappa shape index (κ1) is 59.5. The number of hydrogen-bond acceptors (Lipinski definition) is 13. The van der Waals surface area contributed by atoms with Crippen LogP contribution in [-0.4, -0.2) is 98.6 Å². The number of carbonyl (C=O) groups excluding carboxylic acids is 3. The molecule has 0 aromatic rings. The molecule has 0 amide bonds. The van der Waals surface area contributed by atoms with Gasteiger partial charge in [-0.2, -0.15) is 0 Å². The fourth-order valence-electron chi connectivity index (χ4n) is 7.56. The molecule has 0 spiro atoms. The van der Waals surface area contributed by atoms with Crippen molar-refractivity contribution in [3.05, 3.63) is 12.2 Å². The van der Waals surface area contributed by atoms with E-state index in [0.717, 1.165) is 50.9 Å². The Morgan fingerprint density at radius 1 is 0.683 bits per heavy atom. The lowest BCUT2D eigenvalue weighted by atomic mass is 9.88. The third-order valence-corrected chi connectivity index (χ3v) is 12.7. The van der Waals surface area contributed by atoms with Crippen molar-refractivity contribution < 1.29 is 76.6 Å². The summed E-state index contributed by atoms with van der Waals surface area (Å²) in [5.41, 5.74) is 0. The summed E-state index contributed by atoms with van der Waals surface area (Å²) in [6, 6.07) is 0. The number of aliphatic hydroxyl groups excluding tert-OH is 3. The Bertz CT molecular complexity index is 1340. The molecule has 0 radical (unpaired) electrons. The summed E-state index contributed by atoms with van der Waals surface area (Å²) >= 11 is 0. The Labute approximate surface area is 377 Å². The van der Waals surface area contributed by atoms with Crippen LogP contribution in [0.2, 0.25) is 0 Å². The van der Waals surface area contributed by atoms with Crippen LogP contribution in [-0.2, 0) is 46.6 Å². The lowest BCUT2D eigenvalue weighted by Gasteiger charge is -2.20. The standard InChI is InChI=1S/C45H84O16P2/c1-4-5-19-25-37(46)29-30-41-40(42(48)31-43(41)49)26-21-17-18-23-28-45(51)61-39(35-60-63(55,56)59-33-38(47)32-58-62(52,53)54)34-57-44(50)27-22-16-14-12-10-8-6-7-9-11-13-15-20-24-36(2)3/h29-30,36-42,46-48H,4-28,31-35H2,1-3H3,(H,55,56)(H2,52,53,54)/b30-29+/t37-,38-,39+,40+,41+,42-/m0/s1. The van der Waals surface area contributed by atoms with Crippen LogP contribution in [0.1, 0.15) is 188 Å². The Morgan fingerprint density at radius 2 is 1.19 bits per heavy atom. The molecule has 1 fully saturated rings. The lowest BCUT2D eigenvalue weighted by Crippen LogP contribution is -2.30. The van der Waals surface area contributed by atoms with Crippen molar-refractivity contribution in [3.8, 4) is 0 Å². The maximum absolute atomic E-state index is 12.8. The van der Waals surface area contributed by atoms with E-state index in [0.29, 0.717) is 38.5 Å². The monoisotopic (exact) mass is 943 g/mol. The minimum Gasteiger partial charge on any atom is -0.462 e. The van der Waals surface area contributed by atoms with Gasteiger partial charge in [0.2, 0.25) is 0 Å². The molecule has 370 valence electrons. The zero-order valence-electron chi connectivity index (χ0n) is 38.6. The predicted molar refractivity (Wildman–Crippen MR) is 240 cm³/mol. The average molecular weight is 943 g/mol. The summed E-state index contributed by atoms with van der Waals surface area (Å²) in [6.45, 7) is 3.73. The van der Waals surface area contributed by atoms with Crippen molar-refractivity contribution in [2.24, 2.45) is 17.8 Å². The molecule has 0 aromatic carbocycles. The quantitative estimate of drug-likeness (QED) is 0.0145. The van der Waals surface area contributed by atoms with Crippen molar-refractivity contribution >= 4 is 33.4 Å². The average Bonchev–Trinajstić information content (AvgIpc) is 3.49. The van der Waals surface area contributed by atoms with Crippen molar-refractivity contribution in [1.29, 1.82) is 0 Å². The van der Waals surface area contributed by atoms with Gasteiger partial charge in [0, 0.05) is 25.2 Å². The van der Waals surface area contributed by atoms with Crippen molar-refractivity contribution in [1.82, 2.24) is 0 Å². The highest BCUT2D eigenvalue weighted by atomic mass is 31.2. The van der Waals surface area contributed by atoms with E-state index in [1.807, 2.05) is 0 Å². The van der Waals surface area contributed by atoms with Gasteiger partial charge in [-0.15, -0.1) is 0 Å². The summed E-state index contributed by atoms with van der Waals surface area (Å²) in [4.78, 5) is 65.6. The highest BCUT2D eigenvalue weighted by Gasteiger charge is 2.39. The van der Waals surface area contributed by atoms with Gasteiger partial charge in [-0.05, 0) is 37.5 Å². The van der Waals surface area contributed by atoms with Gasteiger partial charge in [0.05, 0.1) is 32.0 Å². The van der Waals surface area contributed by atoms with E-state index in [1.165, 1.54) is 64.2 Å². The molecule has 1 unspecified atom stereocenters. The third-order valence-electron chi connectivity index (χ3n) is 11.2. The molecular formula is C45H84O16P2. The molecule has 0 bridgehead atoms. The van der Waals surface area contributed by atoms with E-state index in [9.17, 15) is 43.7 Å². The first-order chi connectivity index (χ1) is 29.9. The molecule has 0 aliphatic heterocycles. The number of ketones is 1. The van der Waals surface area contributed by atoms with E-state index in [2.05, 4.69) is 29.8 Å². The SMILES string of the molecule is CCCCC[C@H](O)/C=C/[C@H]1C(=O)C[C@H](O)[C@@H]1CCCCCCC(=O)O[C@H](COC(=O)CCCCCCCCCCCCCCCC(C)C)COP(=O)(O)OC[C@@H](O)COP(=O)(O)O. The van der Waals surface area contributed by atoms with Gasteiger partial charge >= 0.3 is 27.6 Å². The minimum atomic E-state index is -4.90. The maximum atomic E-state index is 12.8. The van der Waals surface area contributed by atoms with Gasteiger partial charge in [0.1, 0.15) is 18.5 Å². The van der Waals surface area contributed by atoms with Gasteiger partial charge in [-0.25, -0.2) is 9.13 Å². The molecule has 1 rings (SSSR count). The van der Waals surface area contributed by atoms with E-state index in [1.54, 1.807) is 12.2 Å². The number of Topliss-reactive ketones (excluding diaryl/α,β-unsaturated/α-hetero) is 1. The van der Waals surface area contributed by atoms with Crippen molar-refractivity contribution in [2.45, 2.75) is 212 Å². The number of unbranched alkanes of at least 4 members (excludes halogenated alkanes) is 17. The molecule has 18 heteroatoms. The third kappa shape index (κ3) is 33.6. The van der Waals surface area contributed by atoms with Gasteiger partial charge in [-0.3, -0.25) is 28.0 Å². The van der Waals surface area contributed by atoms with E-state index in [4.69, 9.17) is 23.8 Å². The van der Waals surface area contributed by atoms with Gasteiger partial charge in [-0.1, -0.05) is 155 Å². The predicted octanol–water partition coefficient (Wildman–Crippen LogP) is 8.96. The summed E-state index contributed by atoms with van der Waals surface area (Å²) in [7, 11) is -9.77. The Balaban J connectivity index is 2.50. The smallest absolute Gasteiger partial charge is 0.462 e. The van der Waals surface area contributed by atoms with Crippen LogP contribution in [0.25, 0.3) is 0 Å². The van der Waals surface area contributed by atoms with Crippen LogP contribution in [0.5, 0.6) is 0 Å². The van der Waals surface area contributed by atoms with Gasteiger partial charge < -0.3 is 39.5 Å². The zero-order valence-corrected chi connectivity index (χ0v) is 40.4. The molecule has 16 nitrogen and oxygen atoms in total. The molecule has 0 aromatic heterocycles. The van der Waals surface area contributed by atoms with Crippen LogP contribution in [0, 0.1) is 17.8 Å². The Kier molecular flexibility index (Phi) is 33.6. The van der Waals surface area contributed by atoms with Crippen LogP contribution in [0.3, 0.4) is 0 Å². The summed E-state index contributed by atoms with van der Waals surface area (Å²) in [5, 5.41) is 30.6. The van der Waals surface area contributed by atoms with Crippen LogP contribution in [0.4, 0.5) is 0 Å². The lowest BCUT2D eigenvalue weighted by molar-refractivity contribution is -0.161. The normalized spacial score (nSPS) is 19.4. The van der Waals surface area contributed by atoms with Crippen LogP contribution in [0.15, 0.2) is 12.2 Å². The number of ether oxygens (including phenoxy) is 2. The zero-order chi connectivity index (χ0) is 46.9. The molecule has 1 aliphatic carbocycles. The number of allylic oxidation sites excluding steroid dienone is 1. The van der Waals surface area contributed by atoms with E-state index >= 15 is 0 Å². The number of aliphatic hydroxyl groups is 3. The largest absolute Gasteiger partial charge is 0.472 e. The van der Waals surface area contributed by atoms with Crippen molar-refractivity contribution in [3.63, 3.8) is 0 Å². The molecule has 1 saturated carbocycles. The number of phosphoric ester groups is 2. The number of rotatable bonds is 41. The molecular weight excluding hydrogens is 858 g/mol. The maximum Gasteiger partial charge on any atom is 0.472 e. The Morgan fingerprint density at radius 3 is 1.76 bits per heavy atom. The summed E-state index contributed by atoms with van der Waals surface area (Å²) < 4.78 is 47.9. The minimum absolute atomic E-state index is 0.00607. The van der Waals surface area contributed by atoms with Crippen molar-refractivity contribution in [2.75, 3.05) is 26.4 Å².